The van der Waals surface area contributed by atoms with Crippen molar-refractivity contribution in [2.45, 2.75) is 25.0 Å². The zero-order valence-corrected chi connectivity index (χ0v) is 12.9. The molecule has 4 bridgehead atoms. The fraction of sp³-hybridized carbons (Fsp3) is 1.00. The van der Waals surface area contributed by atoms with Crippen LogP contribution >= 0.6 is 0 Å². The van der Waals surface area contributed by atoms with E-state index in [9.17, 15) is 16.8 Å². The molecule has 0 saturated heterocycles. The van der Waals surface area contributed by atoms with Crippen LogP contribution in [0.5, 0.6) is 0 Å². The Morgan fingerprint density at radius 3 is 1.35 bits per heavy atom. The first-order valence-electron chi connectivity index (χ1n) is 6.92. The Bertz CT molecular complexity index is 595. The van der Waals surface area contributed by atoms with Crippen LogP contribution in [0, 0.1) is 35.5 Å². The Balaban J connectivity index is 1.64. The molecule has 0 heterocycles. The topological polar surface area (TPSA) is 86.7 Å². The van der Waals surface area contributed by atoms with E-state index in [0.29, 0.717) is 11.8 Å². The van der Waals surface area contributed by atoms with Crippen molar-refractivity contribution in [3.63, 3.8) is 0 Å². The molecule has 8 atom stereocenters. The summed E-state index contributed by atoms with van der Waals surface area (Å²) < 4.78 is 56.3. The lowest BCUT2D eigenvalue weighted by Crippen LogP contribution is -2.28. The molecule has 114 valence electrons. The Morgan fingerprint density at radius 2 is 1.05 bits per heavy atom. The largest absolute Gasteiger partial charge is 0.266 e. The minimum absolute atomic E-state index is 0.158. The van der Waals surface area contributed by atoms with Gasteiger partial charge in [-0.3, -0.25) is 8.37 Å². The second-order valence-corrected chi connectivity index (χ2v) is 10.0. The minimum Gasteiger partial charge on any atom is -0.266 e. The molecule has 0 aliphatic heterocycles. The summed E-state index contributed by atoms with van der Waals surface area (Å²) >= 11 is 0. The SMILES string of the molecule is CS(=O)(=O)O[C@H]1[C@@H]2C3C4C[C@@H]([C@@H]2C[C@@H]41)[C@H]3OS(C)(=O)=O. The lowest BCUT2D eigenvalue weighted by molar-refractivity contribution is 0.129. The van der Waals surface area contributed by atoms with Crippen LogP contribution in [-0.4, -0.2) is 41.6 Å². The average Bonchev–Trinajstić information content (AvgIpc) is 2.89. The predicted molar refractivity (Wildman–Crippen MR) is 69.6 cm³/mol. The summed E-state index contributed by atoms with van der Waals surface area (Å²) in [5, 5.41) is 0. The van der Waals surface area contributed by atoms with Crippen molar-refractivity contribution >= 4 is 20.2 Å². The molecule has 0 amide bonds. The highest BCUT2D eigenvalue weighted by molar-refractivity contribution is 7.86. The van der Waals surface area contributed by atoms with Gasteiger partial charge in [-0.15, -0.1) is 0 Å². The first-order chi connectivity index (χ1) is 9.16. The molecule has 6 nitrogen and oxygen atoms in total. The first-order valence-corrected chi connectivity index (χ1v) is 10.6. The smallest absolute Gasteiger partial charge is 0.264 e. The normalized spacial score (nSPS) is 52.3. The molecule has 4 saturated carbocycles. The molecule has 0 aromatic heterocycles. The Hall–Kier alpha value is -0.180. The predicted octanol–water partition coefficient (Wildman–Crippen LogP) is 0.208. The molecule has 4 aliphatic carbocycles. The van der Waals surface area contributed by atoms with Crippen molar-refractivity contribution in [3.8, 4) is 0 Å². The zero-order chi connectivity index (χ0) is 14.4. The number of hydrogen-bond acceptors (Lipinski definition) is 6. The third kappa shape index (κ3) is 1.74. The van der Waals surface area contributed by atoms with E-state index in [1.165, 1.54) is 0 Å². The summed E-state index contributed by atoms with van der Waals surface area (Å²) in [7, 11) is -6.94. The van der Waals surface area contributed by atoms with Gasteiger partial charge < -0.3 is 0 Å². The van der Waals surface area contributed by atoms with Gasteiger partial charge in [0.25, 0.3) is 20.2 Å². The van der Waals surface area contributed by atoms with Crippen molar-refractivity contribution in [1.82, 2.24) is 0 Å². The third-order valence-electron chi connectivity index (χ3n) is 5.80. The van der Waals surface area contributed by atoms with Crippen molar-refractivity contribution in [1.29, 1.82) is 0 Å². The van der Waals surface area contributed by atoms with Gasteiger partial charge in [-0.25, -0.2) is 0 Å². The third-order valence-corrected chi connectivity index (χ3v) is 6.94. The van der Waals surface area contributed by atoms with Gasteiger partial charge in [0.15, 0.2) is 0 Å². The fourth-order valence-corrected chi connectivity index (χ4v) is 7.06. The van der Waals surface area contributed by atoms with Crippen molar-refractivity contribution in [2.24, 2.45) is 35.5 Å². The van der Waals surface area contributed by atoms with Crippen molar-refractivity contribution in [3.05, 3.63) is 0 Å². The molecule has 0 spiro atoms. The Kier molecular flexibility index (Phi) is 2.54. The van der Waals surface area contributed by atoms with E-state index >= 15 is 0 Å². The molecule has 4 fully saturated rings. The summed E-state index contributed by atoms with van der Waals surface area (Å²) in [6.45, 7) is 0. The van der Waals surface area contributed by atoms with Crippen LogP contribution in [0.1, 0.15) is 12.8 Å². The molecule has 2 unspecified atom stereocenters. The van der Waals surface area contributed by atoms with Crippen LogP contribution in [0.2, 0.25) is 0 Å². The van der Waals surface area contributed by atoms with E-state index < -0.39 is 20.2 Å². The van der Waals surface area contributed by atoms with Gasteiger partial charge in [0.1, 0.15) is 0 Å². The standard InChI is InChI=1S/C12H18O6S2/c1-19(13,14)17-11-7-3-6-8-4-5(7)10(9(6)11)12(8)18-20(2,15)16/h5-12H,3-4H2,1-2H3/t5-,6?,7-,8-,9?,10-,11+,12+/m0/s1. The van der Waals surface area contributed by atoms with Gasteiger partial charge in [0.2, 0.25) is 0 Å². The summed E-state index contributed by atoms with van der Waals surface area (Å²) in [4.78, 5) is 0. The molecule has 0 N–H and O–H groups in total. The summed E-state index contributed by atoms with van der Waals surface area (Å²) in [6.07, 6.45) is 3.57. The minimum atomic E-state index is -3.47. The molecular formula is C12H18O6S2. The van der Waals surface area contributed by atoms with Crippen LogP contribution in [0.3, 0.4) is 0 Å². The highest BCUT2D eigenvalue weighted by Gasteiger charge is 2.74. The Morgan fingerprint density at radius 1 is 0.700 bits per heavy atom. The van der Waals surface area contributed by atoms with E-state index in [4.69, 9.17) is 8.37 Å². The van der Waals surface area contributed by atoms with Gasteiger partial charge in [-0.2, -0.15) is 16.8 Å². The maximum atomic E-state index is 11.4. The lowest BCUT2D eigenvalue weighted by atomic mass is 9.71. The second-order valence-electron chi connectivity index (χ2n) is 6.81. The van der Waals surface area contributed by atoms with E-state index in [0.717, 1.165) is 25.4 Å². The van der Waals surface area contributed by atoms with Crippen LogP contribution in [-0.2, 0) is 28.6 Å². The van der Waals surface area contributed by atoms with E-state index in [1.807, 2.05) is 0 Å². The zero-order valence-electron chi connectivity index (χ0n) is 11.3. The van der Waals surface area contributed by atoms with Gasteiger partial charge in [-0.05, 0) is 48.3 Å². The second kappa shape index (κ2) is 3.77. The fourth-order valence-electron chi connectivity index (χ4n) is 5.71. The summed E-state index contributed by atoms with van der Waals surface area (Å²) in [6, 6.07) is 0. The van der Waals surface area contributed by atoms with Crippen LogP contribution in [0.25, 0.3) is 0 Å². The van der Waals surface area contributed by atoms with Crippen LogP contribution in [0.15, 0.2) is 0 Å². The molecule has 4 rings (SSSR count). The van der Waals surface area contributed by atoms with E-state index in [-0.39, 0.29) is 35.9 Å². The highest BCUT2D eigenvalue weighted by Crippen LogP contribution is 2.73. The average molecular weight is 322 g/mol. The number of fused-ring (bicyclic) bond motifs is 4. The number of rotatable bonds is 4. The van der Waals surface area contributed by atoms with E-state index in [1.54, 1.807) is 0 Å². The highest BCUT2D eigenvalue weighted by atomic mass is 32.2. The summed E-state index contributed by atoms with van der Waals surface area (Å²) in [5.41, 5.74) is 0. The van der Waals surface area contributed by atoms with Gasteiger partial charge in [0, 0.05) is 0 Å². The molecule has 4 aliphatic rings. The number of hydrogen-bond donors (Lipinski definition) is 0. The Labute approximate surface area is 119 Å². The van der Waals surface area contributed by atoms with Crippen LogP contribution < -0.4 is 0 Å². The molecule has 0 aromatic carbocycles. The first kappa shape index (κ1) is 13.5. The van der Waals surface area contributed by atoms with Gasteiger partial charge in [-0.1, -0.05) is 0 Å². The van der Waals surface area contributed by atoms with Crippen molar-refractivity contribution < 1.29 is 25.2 Å². The molecule has 0 radical (unpaired) electrons. The molecule has 8 heteroatoms. The van der Waals surface area contributed by atoms with Crippen molar-refractivity contribution in [2.75, 3.05) is 12.5 Å². The quantitative estimate of drug-likeness (QED) is 0.688. The lowest BCUT2D eigenvalue weighted by Gasteiger charge is -2.32. The monoisotopic (exact) mass is 322 g/mol. The van der Waals surface area contributed by atoms with Gasteiger partial charge >= 0.3 is 0 Å². The molecule has 20 heavy (non-hydrogen) atoms. The van der Waals surface area contributed by atoms with E-state index in [2.05, 4.69) is 0 Å². The maximum absolute atomic E-state index is 11.4. The molecular weight excluding hydrogens is 304 g/mol. The van der Waals surface area contributed by atoms with Crippen LogP contribution in [0.4, 0.5) is 0 Å². The van der Waals surface area contributed by atoms with Gasteiger partial charge in [0.05, 0.1) is 24.7 Å². The molecule has 0 aromatic rings. The summed E-state index contributed by atoms with van der Waals surface area (Å²) in [5.74, 6) is 1.57. The maximum Gasteiger partial charge on any atom is 0.264 e.